The van der Waals surface area contributed by atoms with Crippen molar-refractivity contribution < 1.29 is 18.8 Å². The number of hydrogen-bond acceptors (Lipinski definition) is 4. The molecule has 0 radical (unpaired) electrons. The highest BCUT2D eigenvalue weighted by atomic mass is 35.5. The molecule has 2 aliphatic heterocycles. The predicted molar refractivity (Wildman–Crippen MR) is 84.6 cm³/mol. The fourth-order valence-electron chi connectivity index (χ4n) is 3.14. The van der Waals surface area contributed by atoms with E-state index < -0.39 is 29.9 Å². The van der Waals surface area contributed by atoms with E-state index in [9.17, 15) is 14.0 Å². The summed E-state index contributed by atoms with van der Waals surface area (Å²) in [4.78, 5) is 29.9. The van der Waals surface area contributed by atoms with Crippen LogP contribution in [0.4, 0.5) is 10.1 Å². The topological polar surface area (TPSA) is 58.6 Å². The van der Waals surface area contributed by atoms with Crippen LogP contribution in [-0.2, 0) is 14.4 Å². The van der Waals surface area contributed by atoms with E-state index in [0.717, 1.165) is 0 Å². The summed E-state index contributed by atoms with van der Waals surface area (Å²) in [5.41, 5.74) is 1.34. The Morgan fingerprint density at radius 3 is 2.33 bits per heavy atom. The first-order chi connectivity index (χ1) is 11.5. The number of nitrogens with zero attached hydrogens (tertiary/aromatic N) is 1. The van der Waals surface area contributed by atoms with Gasteiger partial charge in [0.25, 0.3) is 5.91 Å². The van der Waals surface area contributed by atoms with E-state index in [0.29, 0.717) is 16.3 Å². The molecule has 0 unspecified atom stereocenters. The van der Waals surface area contributed by atoms with E-state index in [1.54, 1.807) is 36.4 Å². The zero-order valence-electron chi connectivity index (χ0n) is 12.3. The Bertz CT molecular complexity index is 810. The Balaban J connectivity index is 1.79. The molecule has 2 saturated heterocycles. The molecule has 3 atom stereocenters. The van der Waals surface area contributed by atoms with Crippen LogP contribution in [0.25, 0.3) is 0 Å². The van der Waals surface area contributed by atoms with Crippen molar-refractivity contribution in [1.82, 2.24) is 5.32 Å². The van der Waals surface area contributed by atoms with Crippen LogP contribution in [-0.4, -0.2) is 17.9 Å². The number of carbonyl (C=O) groups excluding carboxylic acids is 2. The van der Waals surface area contributed by atoms with Crippen molar-refractivity contribution in [3.05, 3.63) is 64.9 Å². The summed E-state index contributed by atoms with van der Waals surface area (Å²) in [7, 11) is 0. The summed E-state index contributed by atoms with van der Waals surface area (Å²) in [5, 5.41) is 4.37. The average Bonchev–Trinajstić information content (AvgIpc) is 3.08. The highest BCUT2D eigenvalue weighted by Crippen LogP contribution is 2.44. The summed E-state index contributed by atoms with van der Waals surface area (Å²) in [6.45, 7) is 0. The van der Waals surface area contributed by atoms with Gasteiger partial charge in [0.1, 0.15) is 11.7 Å². The number of hydrogen-bond donors (Lipinski definition) is 1. The summed E-state index contributed by atoms with van der Waals surface area (Å²) in [6.07, 6.45) is -0.900. The Labute approximate surface area is 141 Å². The van der Waals surface area contributed by atoms with Gasteiger partial charge in [-0.2, -0.15) is 0 Å². The molecule has 0 saturated carbocycles. The third kappa shape index (κ3) is 2.35. The molecule has 24 heavy (non-hydrogen) atoms. The molecule has 0 aromatic heterocycles. The molecule has 2 aliphatic rings. The van der Waals surface area contributed by atoms with Gasteiger partial charge < -0.3 is 0 Å². The SMILES string of the molecule is O=C1NC(=O)[C@H]2ON(c3ccc(Cl)cc3)[C@@H](c3ccc(F)cc3)[C@@H]12. The van der Waals surface area contributed by atoms with Gasteiger partial charge in [-0.1, -0.05) is 23.7 Å². The smallest absolute Gasteiger partial charge is 0.259 e. The number of amides is 2. The van der Waals surface area contributed by atoms with Crippen molar-refractivity contribution in [3.63, 3.8) is 0 Å². The standard InChI is InChI=1S/C17H12ClFN2O3/c18-10-3-7-12(8-4-10)21-14(9-1-5-11(19)6-2-9)13-15(24-21)17(23)20-16(13)22/h1-8,13-15H,(H,20,22,23)/t13-,14+,15+/m1/s1. The van der Waals surface area contributed by atoms with Crippen LogP contribution >= 0.6 is 11.6 Å². The minimum Gasteiger partial charge on any atom is -0.294 e. The van der Waals surface area contributed by atoms with Gasteiger partial charge in [0.2, 0.25) is 5.91 Å². The van der Waals surface area contributed by atoms with Gasteiger partial charge in [-0.3, -0.25) is 19.7 Å². The number of benzene rings is 2. The number of fused-ring (bicyclic) bond motifs is 1. The number of hydroxylamine groups is 1. The van der Waals surface area contributed by atoms with Gasteiger partial charge in [0, 0.05) is 5.02 Å². The van der Waals surface area contributed by atoms with E-state index >= 15 is 0 Å². The van der Waals surface area contributed by atoms with Crippen molar-refractivity contribution >= 4 is 29.1 Å². The van der Waals surface area contributed by atoms with E-state index in [-0.39, 0.29) is 5.82 Å². The first kappa shape index (κ1) is 15.1. The normalized spacial score (nSPS) is 25.8. The van der Waals surface area contributed by atoms with E-state index in [1.165, 1.54) is 17.2 Å². The van der Waals surface area contributed by atoms with Crippen LogP contribution in [0.5, 0.6) is 0 Å². The summed E-state index contributed by atoms with van der Waals surface area (Å²) in [5.74, 6) is -1.93. The van der Waals surface area contributed by atoms with Gasteiger partial charge in [0.15, 0.2) is 6.10 Å². The molecule has 2 amide bonds. The quantitative estimate of drug-likeness (QED) is 0.849. The summed E-state index contributed by atoms with van der Waals surface area (Å²) >= 11 is 5.91. The summed E-state index contributed by atoms with van der Waals surface area (Å²) < 4.78 is 13.3. The molecule has 5 nitrogen and oxygen atoms in total. The van der Waals surface area contributed by atoms with E-state index in [1.807, 2.05) is 0 Å². The molecule has 0 spiro atoms. The zero-order valence-corrected chi connectivity index (χ0v) is 13.0. The minimum absolute atomic E-state index is 0.376. The fraction of sp³-hybridized carbons (Fsp3) is 0.176. The van der Waals surface area contributed by atoms with Crippen molar-refractivity contribution in [1.29, 1.82) is 0 Å². The molecule has 0 aliphatic carbocycles. The van der Waals surface area contributed by atoms with Crippen molar-refractivity contribution in [2.24, 2.45) is 5.92 Å². The lowest BCUT2D eigenvalue weighted by atomic mass is 9.90. The molecule has 0 bridgehead atoms. The molecule has 2 aromatic rings. The fourth-order valence-corrected chi connectivity index (χ4v) is 3.27. The second kappa shape index (κ2) is 5.58. The molecule has 7 heteroatoms. The number of nitrogens with one attached hydrogen (secondary N) is 1. The molecule has 4 rings (SSSR count). The number of carbonyl (C=O) groups is 2. The number of imide groups is 1. The summed E-state index contributed by atoms with van der Waals surface area (Å²) in [6, 6.07) is 12.1. The molecule has 122 valence electrons. The number of anilines is 1. The first-order valence-corrected chi connectivity index (χ1v) is 7.74. The molecule has 2 fully saturated rings. The molecule has 2 heterocycles. The highest BCUT2D eigenvalue weighted by molar-refractivity contribution is 6.30. The third-order valence-electron chi connectivity index (χ3n) is 4.25. The minimum atomic E-state index is -0.900. The maximum atomic E-state index is 13.3. The van der Waals surface area contributed by atoms with Gasteiger partial charge in [-0.15, -0.1) is 0 Å². The van der Waals surface area contributed by atoms with Crippen LogP contribution < -0.4 is 10.4 Å². The third-order valence-corrected chi connectivity index (χ3v) is 4.50. The van der Waals surface area contributed by atoms with E-state index in [2.05, 4.69) is 5.32 Å². The van der Waals surface area contributed by atoms with Crippen molar-refractivity contribution in [2.45, 2.75) is 12.1 Å². The van der Waals surface area contributed by atoms with Crippen LogP contribution in [0.2, 0.25) is 5.02 Å². The Morgan fingerprint density at radius 2 is 1.67 bits per heavy atom. The lowest BCUT2D eigenvalue weighted by Gasteiger charge is -2.27. The number of halogens is 2. The lowest BCUT2D eigenvalue weighted by molar-refractivity contribution is -0.129. The zero-order chi connectivity index (χ0) is 16.8. The Kier molecular flexibility index (Phi) is 3.51. The van der Waals surface area contributed by atoms with Crippen LogP contribution in [0.3, 0.4) is 0 Å². The van der Waals surface area contributed by atoms with Gasteiger partial charge in [0.05, 0.1) is 11.7 Å². The van der Waals surface area contributed by atoms with Crippen LogP contribution in [0, 0.1) is 11.7 Å². The van der Waals surface area contributed by atoms with Crippen molar-refractivity contribution in [2.75, 3.05) is 5.06 Å². The molecular weight excluding hydrogens is 335 g/mol. The maximum Gasteiger partial charge on any atom is 0.259 e. The Morgan fingerprint density at radius 1 is 1.00 bits per heavy atom. The number of rotatable bonds is 2. The largest absolute Gasteiger partial charge is 0.294 e. The van der Waals surface area contributed by atoms with Gasteiger partial charge >= 0.3 is 0 Å². The van der Waals surface area contributed by atoms with Crippen LogP contribution in [0.15, 0.2) is 48.5 Å². The lowest BCUT2D eigenvalue weighted by Crippen LogP contribution is -2.33. The van der Waals surface area contributed by atoms with Crippen LogP contribution in [0.1, 0.15) is 11.6 Å². The first-order valence-electron chi connectivity index (χ1n) is 7.36. The molecule has 1 N–H and O–H groups in total. The molecular formula is C17H12ClFN2O3. The average molecular weight is 347 g/mol. The van der Waals surface area contributed by atoms with Gasteiger partial charge in [-0.25, -0.2) is 9.45 Å². The second-order valence-electron chi connectivity index (χ2n) is 5.70. The highest BCUT2D eigenvalue weighted by Gasteiger charge is 2.56. The Hall–Kier alpha value is -2.44. The van der Waals surface area contributed by atoms with Crippen molar-refractivity contribution in [3.8, 4) is 0 Å². The molecule has 2 aromatic carbocycles. The monoisotopic (exact) mass is 346 g/mol. The predicted octanol–water partition coefficient (Wildman–Crippen LogP) is 2.61. The van der Waals surface area contributed by atoms with E-state index in [4.69, 9.17) is 16.4 Å². The van der Waals surface area contributed by atoms with Gasteiger partial charge in [-0.05, 0) is 42.0 Å². The maximum absolute atomic E-state index is 13.3. The second-order valence-corrected chi connectivity index (χ2v) is 6.14.